The van der Waals surface area contributed by atoms with Crippen LogP contribution in [0.15, 0.2) is 0 Å². The summed E-state index contributed by atoms with van der Waals surface area (Å²) in [6.45, 7) is 13.2. The van der Waals surface area contributed by atoms with Crippen molar-refractivity contribution >= 4 is 57.5 Å². The fraction of sp³-hybridized carbons (Fsp3) is 0.947. The molecule has 3 saturated heterocycles. The summed E-state index contributed by atoms with van der Waals surface area (Å²) < 4.78 is 34.2. The van der Waals surface area contributed by atoms with Crippen LogP contribution >= 0.6 is 0 Å². The first kappa shape index (κ1) is 31.6. The summed E-state index contributed by atoms with van der Waals surface area (Å²) in [4.78, 5) is 13.2. The zero-order valence-electron chi connectivity index (χ0n) is 17.9. The van der Waals surface area contributed by atoms with Gasteiger partial charge in [-0.05, 0) is 0 Å². The number of ether oxygens (including phenoxy) is 6. The van der Waals surface area contributed by atoms with Gasteiger partial charge in [0.1, 0.15) is 0 Å². The Kier molecular flexibility index (Phi) is 24.2. The van der Waals surface area contributed by atoms with Gasteiger partial charge in [-0.15, -0.1) is 0 Å². The topological polar surface area (TPSA) is 119 Å². The van der Waals surface area contributed by atoms with Crippen LogP contribution in [0.4, 0.5) is 4.79 Å². The van der Waals surface area contributed by atoms with Gasteiger partial charge >= 0.3 is 57.5 Å². The Morgan fingerprint density at radius 3 is 0.774 bits per heavy atom. The van der Waals surface area contributed by atoms with E-state index in [1.165, 1.54) is 0 Å². The average molecular weight is 479 g/mol. The molecule has 2 N–H and O–H groups in total. The molecule has 180 valence electrons. The molecule has 0 unspecified atom stereocenters. The van der Waals surface area contributed by atoms with Gasteiger partial charge in [0.05, 0.1) is 79.3 Å². The van der Waals surface area contributed by atoms with Crippen LogP contribution in [0.3, 0.4) is 0 Å². The van der Waals surface area contributed by atoms with E-state index in [-0.39, 0.29) is 51.4 Å². The van der Waals surface area contributed by atoms with Crippen LogP contribution in [0.5, 0.6) is 0 Å². The van der Waals surface area contributed by atoms with Crippen LogP contribution in [0.2, 0.25) is 0 Å². The Balaban J connectivity index is 0.00000165. The summed E-state index contributed by atoms with van der Waals surface area (Å²) in [6.07, 6.45) is -1.83. The van der Waals surface area contributed by atoms with E-state index >= 15 is 0 Å². The third-order valence-electron chi connectivity index (χ3n) is 4.43. The second-order valence-corrected chi connectivity index (χ2v) is 6.64. The summed E-state index contributed by atoms with van der Waals surface area (Å²) >= 11 is 0. The standard InChI is InChI=1S/C18H36N2O6.CH2O3.K.H/c1-7-21-13-14-24-10-4-20-5-11-25-17-15-22-8-2-19(1)3-9-23-16-18-26-12-6-20;2-1(3)4;;/h1-18H2;(H2,2,3,4);;. The van der Waals surface area contributed by atoms with E-state index in [9.17, 15) is 0 Å². The molecule has 0 radical (unpaired) electrons. The molecule has 2 bridgehead atoms. The number of rotatable bonds is 0. The van der Waals surface area contributed by atoms with E-state index in [0.717, 1.165) is 39.3 Å². The number of carboxylic acid groups (broad SMARTS) is 2. The first-order valence-electron chi connectivity index (χ1n) is 10.5. The minimum absolute atomic E-state index is 0. The molecule has 0 aromatic heterocycles. The number of fused-ring (bicyclic) bond motifs is 21. The van der Waals surface area contributed by atoms with Crippen molar-refractivity contribution in [2.45, 2.75) is 0 Å². The summed E-state index contributed by atoms with van der Waals surface area (Å²) in [5.74, 6) is 0. The Bertz CT molecular complexity index is 329. The van der Waals surface area contributed by atoms with E-state index in [4.69, 9.17) is 43.4 Å². The van der Waals surface area contributed by atoms with Gasteiger partial charge in [-0.25, -0.2) is 4.79 Å². The van der Waals surface area contributed by atoms with Crippen molar-refractivity contribution in [2.75, 3.05) is 119 Å². The molecule has 3 heterocycles. The fourth-order valence-electron chi connectivity index (χ4n) is 2.80. The number of nitrogens with zero attached hydrogens (tertiary/aromatic N) is 2. The van der Waals surface area contributed by atoms with Crippen molar-refractivity contribution in [3.8, 4) is 0 Å². The average Bonchev–Trinajstić information content (AvgIpc) is 2.70. The SMILES string of the molecule is C1COCCN2CCOCCOCCN(CCO1)CCOCCOCC2.O=C(O)O.[KH]. The van der Waals surface area contributed by atoms with Crippen molar-refractivity contribution < 1.29 is 43.4 Å². The summed E-state index contributed by atoms with van der Waals surface area (Å²) in [5.41, 5.74) is 0. The Morgan fingerprint density at radius 1 is 0.452 bits per heavy atom. The molecular formula is C19H39KN2O9. The van der Waals surface area contributed by atoms with Gasteiger partial charge in [0.25, 0.3) is 0 Å². The monoisotopic (exact) mass is 478 g/mol. The van der Waals surface area contributed by atoms with Crippen molar-refractivity contribution in [1.82, 2.24) is 9.80 Å². The molecule has 12 heteroatoms. The van der Waals surface area contributed by atoms with E-state index in [2.05, 4.69) is 9.80 Å². The van der Waals surface area contributed by atoms with Gasteiger partial charge < -0.3 is 38.6 Å². The molecule has 3 rings (SSSR count). The van der Waals surface area contributed by atoms with Crippen molar-refractivity contribution in [3.63, 3.8) is 0 Å². The van der Waals surface area contributed by atoms with Crippen LogP contribution in [0.1, 0.15) is 0 Å². The minimum atomic E-state index is -1.83. The number of hydrogen-bond acceptors (Lipinski definition) is 9. The van der Waals surface area contributed by atoms with Crippen LogP contribution in [0, 0.1) is 0 Å². The zero-order chi connectivity index (χ0) is 21.7. The van der Waals surface area contributed by atoms with Crippen LogP contribution < -0.4 is 0 Å². The zero-order valence-corrected chi connectivity index (χ0v) is 17.9. The van der Waals surface area contributed by atoms with E-state index in [1.54, 1.807) is 0 Å². The van der Waals surface area contributed by atoms with Gasteiger partial charge in [0.2, 0.25) is 0 Å². The molecule has 0 aliphatic carbocycles. The fourth-order valence-corrected chi connectivity index (χ4v) is 2.80. The number of hydrogen-bond donors (Lipinski definition) is 2. The predicted octanol–water partition coefficient (Wildman–Crippen LogP) is -0.709. The van der Waals surface area contributed by atoms with Crippen molar-refractivity contribution in [2.24, 2.45) is 0 Å². The predicted molar refractivity (Wildman–Crippen MR) is 116 cm³/mol. The quantitative estimate of drug-likeness (QED) is 0.430. The molecule has 0 aromatic carbocycles. The van der Waals surface area contributed by atoms with Crippen molar-refractivity contribution in [1.29, 1.82) is 0 Å². The summed E-state index contributed by atoms with van der Waals surface area (Å²) in [6, 6.07) is 0. The molecule has 11 nitrogen and oxygen atoms in total. The molecule has 3 aliphatic rings. The maximum absolute atomic E-state index is 8.56. The maximum atomic E-state index is 8.56. The Morgan fingerprint density at radius 2 is 0.613 bits per heavy atom. The molecule has 0 atom stereocenters. The van der Waals surface area contributed by atoms with E-state index in [0.29, 0.717) is 79.3 Å². The first-order chi connectivity index (χ1) is 14.7. The van der Waals surface area contributed by atoms with E-state index in [1.807, 2.05) is 0 Å². The molecule has 0 saturated carbocycles. The molecule has 0 amide bonds. The molecule has 3 fully saturated rings. The molecule has 0 spiro atoms. The third kappa shape index (κ3) is 22.2. The second-order valence-electron chi connectivity index (χ2n) is 6.64. The van der Waals surface area contributed by atoms with Gasteiger partial charge in [-0.3, -0.25) is 9.80 Å². The molecule has 0 aromatic rings. The summed E-state index contributed by atoms with van der Waals surface area (Å²) in [7, 11) is 0. The van der Waals surface area contributed by atoms with Crippen molar-refractivity contribution in [3.05, 3.63) is 0 Å². The molecular weight excluding hydrogens is 439 g/mol. The Hall–Kier alpha value is 0.586. The van der Waals surface area contributed by atoms with Gasteiger partial charge in [-0.1, -0.05) is 0 Å². The van der Waals surface area contributed by atoms with Gasteiger partial charge in [0.15, 0.2) is 0 Å². The van der Waals surface area contributed by atoms with Crippen LogP contribution in [0.25, 0.3) is 0 Å². The summed E-state index contributed by atoms with van der Waals surface area (Å²) in [5, 5.41) is 13.9. The number of carbonyl (C=O) groups is 1. The van der Waals surface area contributed by atoms with Gasteiger partial charge in [-0.2, -0.15) is 0 Å². The van der Waals surface area contributed by atoms with Gasteiger partial charge in [0, 0.05) is 39.3 Å². The third-order valence-corrected chi connectivity index (χ3v) is 4.43. The normalized spacial score (nSPS) is 26.3. The molecule has 3 aliphatic heterocycles. The second kappa shape index (κ2) is 23.7. The molecule has 31 heavy (non-hydrogen) atoms. The van der Waals surface area contributed by atoms with Crippen LogP contribution in [-0.2, 0) is 28.4 Å². The van der Waals surface area contributed by atoms with Crippen LogP contribution in [-0.4, -0.2) is 196 Å². The Labute approximate surface area is 227 Å². The first-order valence-corrected chi connectivity index (χ1v) is 10.5. The van der Waals surface area contributed by atoms with E-state index < -0.39 is 6.16 Å².